The molecule has 0 saturated carbocycles. The largest absolute Gasteiger partial charge is 0.490 e. The number of carbonyl (C=O) groups is 1. The summed E-state index contributed by atoms with van der Waals surface area (Å²) in [6.45, 7) is 1.87. The number of amides is 1. The highest BCUT2D eigenvalue weighted by atomic mass is 32.2. The number of piperidine rings is 1. The third-order valence-corrected chi connectivity index (χ3v) is 7.89. The van der Waals surface area contributed by atoms with Crippen LogP contribution in [0.1, 0.15) is 29.6 Å². The van der Waals surface area contributed by atoms with Crippen LogP contribution in [0, 0.1) is 0 Å². The molecule has 1 fully saturated rings. The smallest absolute Gasteiger partial charge is 0.257 e. The van der Waals surface area contributed by atoms with Crippen molar-refractivity contribution in [1.82, 2.24) is 9.62 Å². The maximum Gasteiger partial charge on any atom is 0.257 e. The van der Waals surface area contributed by atoms with Gasteiger partial charge < -0.3 is 14.8 Å². The molecule has 0 atom stereocenters. The standard InChI is InChI=1S/C27H29N3O5S2/c31-26(21-9-13-24(14-10-21)35-20-19-34-23-7-3-1-4-8-23)29-27(36)28-22-11-15-25(16-12-22)37(32,33)30-17-5-2-6-18-30/h1,3-4,7-16H,2,5-6,17-20H2,(H2,28,29,31,36). The summed E-state index contributed by atoms with van der Waals surface area (Å²) in [5.74, 6) is 1.02. The van der Waals surface area contributed by atoms with Crippen LogP contribution in [0.5, 0.6) is 11.5 Å². The molecule has 0 aromatic heterocycles. The number of rotatable bonds is 9. The molecule has 1 aliphatic rings. The van der Waals surface area contributed by atoms with E-state index >= 15 is 0 Å². The summed E-state index contributed by atoms with van der Waals surface area (Å²) in [5.41, 5.74) is 0.990. The minimum absolute atomic E-state index is 0.107. The van der Waals surface area contributed by atoms with Crippen LogP contribution in [-0.2, 0) is 10.0 Å². The predicted molar refractivity (Wildman–Crippen MR) is 147 cm³/mol. The van der Waals surface area contributed by atoms with Gasteiger partial charge in [-0.2, -0.15) is 4.31 Å². The van der Waals surface area contributed by atoms with Crippen LogP contribution in [0.4, 0.5) is 5.69 Å². The zero-order chi connectivity index (χ0) is 26.1. The second-order valence-corrected chi connectivity index (χ2v) is 10.8. The number of benzene rings is 3. The van der Waals surface area contributed by atoms with Crippen molar-refractivity contribution < 1.29 is 22.7 Å². The Kier molecular flexibility index (Phi) is 9.10. The summed E-state index contributed by atoms with van der Waals surface area (Å²) in [6.07, 6.45) is 2.82. The summed E-state index contributed by atoms with van der Waals surface area (Å²) in [5, 5.41) is 5.64. The SMILES string of the molecule is O=C(NC(=S)Nc1ccc(S(=O)(=O)N2CCCCC2)cc1)c1ccc(OCCOc2ccccc2)cc1. The van der Waals surface area contributed by atoms with E-state index in [1.165, 1.54) is 4.31 Å². The molecule has 1 aliphatic heterocycles. The minimum Gasteiger partial charge on any atom is -0.490 e. The van der Waals surface area contributed by atoms with E-state index in [9.17, 15) is 13.2 Å². The van der Waals surface area contributed by atoms with Gasteiger partial charge in [0.15, 0.2) is 5.11 Å². The van der Waals surface area contributed by atoms with Crippen LogP contribution in [-0.4, -0.2) is 50.0 Å². The molecule has 3 aromatic carbocycles. The lowest BCUT2D eigenvalue weighted by Crippen LogP contribution is -2.35. The van der Waals surface area contributed by atoms with E-state index < -0.39 is 10.0 Å². The van der Waals surface area contributed by atoms with Gasteiger partial charge in [0.1, 0.15) is 24.7 Å². The van der Waals surface area contributed by atoms with Crippen LogP contribution in [0.2, 0.25) is 0 Å². The Bertz CT molecular complexity index is 1290. The monoisotopic (exact) mass is 539 g/mol. The quantitative estimate of drug-likeness (QED) is 0.306. The van der Waals surface area contributed by atoms with Gasteiger partial charge in [0.25, 0.3) is 5.91 Å². The Labute approximate surface area is 222 Å². The second kappa shape index (κ2) is 12.7. The van der Waals surface area contributed by atoms with Crippen LogP contribution < -0.4 is 20.1 Å². The number of nitrogens with one attached hydrogen (secondary N) is 2. The molecule has 0 spiro atoms. The van der Waals surface area contributed by atoms with Gasteiger partial charge in [-0.3, -0.25) is 10.1 Å². The number of carbonyl (C=O) groups excluding carboxylic acids is 1. The average Bonchev–Trinajstić information content (AvgIpc) is 2.93. The molecule has 0 bridgehead atoms. The van der Waals surface area contributed by atoms with Gasteiger partial charge in [-0.15, -0.1) is 0 Å². The Morgan fingerprint density at radius 3 is 2.03 bits per heavy atom. The van der Waals surface area contributed by atoms with E-state index in [2.05, 4.69) is 10.6 Å². The highest BCUT2D eigenvalue weighted by Gasteiger charge is 2.25. The van der Waals surface area contributed by atoms with Crippen LogP contribution in [0.25, 0.3) is 0 Å². The molecule has 0 aliphatic carbocycles. The summed E-state index contributed by atoms with van der Waals surface area (Å²) < 4.78 is 38.3. The lowest BCUT2D eigenvalue weighted by atomic mass is 10.2. The molecule has 3 aromatic rings. The fourth-order valence-corrected chi connectivity index (χ4v) is 5.57. The third-order valence-electron chi connectivity index (χ3n) is 5.77. The van der Waals surface area contributed by atoms with Crippen molar-refractivity contribution in [3.05, 3.63) is 84.4 Å². The number of hydrogen-bond donors (Lipinski definition) is 2. The number of para-hydroxylation sites is 1. The van der Waals surface area contributed by atoms with Gasteiger partial charge in [0, 0.05) is 24.3 Å². The number of thiocarbonyl (C=S) groups is 1. The number of ether oxygens (including phenoxy) is 2. The minimum atomic E-state index is -3.50. The highest BCUT2D eigenvalue weighted by Crippen LogP contribution is 2.22. The topological polar surface area (TPSA) is 97.0 Å². The van der Waals surface area contributed by atoms with Crippen molar-refractivity contribution in [1.29, 1.82) is 0 Å². The Balaban J connectivity index is 1.23. The molecule has 194 valence electrons. The molecule has 0 radical (unpaired) electrons. The van der Waals surface area contributed by atoms with E-state index in [4.69, 9.17) is 21.7 Å². The first kappa shape index (κ1) is 26.6. The van der Waals surface area contributed by atoms with Crippen molar-refractivity contribution in [3.8, 4) is 11.5 Å². The molecule has 2 N–H and O–H groups in total. The fraction of sp³-hybridized carbons (Fsp3) is 0.259. The average molecular weight is 540 g/mol. The molecule has 8 nitrogen and oxygen atoms in total. The van der Waals surface area contributed by atoms with Gasteiger partial charge in [-0.25, -0.2) is 8.42 Å². The predicted octanol–water partition coefficient (Wildman–Crippen LogP) is 4.45. The highest BCUT2D eigenvalue weighted by molar-refractivity contribution is 7.89. The van der Waals surface area contributed by atoms with E-state index in [1.807, 2.05) is 30.3 Å². The normalized spacial score (nSPS) is 13.9. The molecule has 37 heavy (non-hydrogen) atoms. The van der Waals surface area contributed by atoms with Crippen molar-refractivity contribution in [3.63, 3.8) is 0 Å². The first-order chi connectivity index (χ1) is 17.9. The van der Waals surface area contributed by atoms with Gasteiger partial charge in [-0.05, 0) is 85.7 Å². The molecule has 1 saturated heterocycles. The lowest BCUT2D eigenvalue weighted by Gasteiger charge is -2.25. The number of sulfonamides is 1. The fourth-order valence-electron chi connectivity index (χ4n) is 3.84. The van der Waals surface area contributed by atoms with E-state index in [-0.39, 0.29) is 15.9 Å². The van der Waals surface area contributed by atoms with E-state index in [0.717, 1.165) is 25.0 Å². The Hall–Kier alpha value is -3.47. The first-order valence-electron chi connectivity index (χ1n) is 12.0. The van der Waals surface area contributed by atoms with Crippen molar-refractivity contribution >= 4 is 38.9 Å². The molecule has 1 heterocycles. The van der Waals surface area contributed by atoms with E-state index in [1.54, 1.807) is 48.5 Å². The lowest BCUT2D eigenvalue weighted by molar-refractivity contribution is 0.0977. The first-order valence-corrected chi connectivity index (χ1v) is 13.9. The number of anilines is 1. The molecule has 0 unspecified atom stereocenters. The van der Waals surface area contributed by atoms with Crippen molar-refractivity contribution in [2.75, 3.05) is 31.6 Å². The number of hydrogen-bond acceptors (Lipinski definition) is 6. The van der Waals surface area contributed by atoms with Gasteiger partial charge in [0.05, 0.1) is 4.90 Å². The van der Waals surface area contributed by atoms with Gasteiger partial charge in [-0.1, -0.05) is 24.6 Å². The summed E-state index contributed by atoms with van der Waals surface area (Å²) in [4.78, 5) is 12.8. The van der Waals surface area contributed by atoms with Crippen LogP contribution in [0.15, 0.2) is 83.8 Å². The Morgan fingerprint density at radius 2 is 1.41 bits per heavy atom. The molecular formula is C27H29N3O5S2. The van der Waals surface area contributed by atoms with Gasteiger partial charge >= 0.3 is 0 Å². The Morgan fingerprint density at radius 1 is 0.811 bits per heavy atom. The molecular weight excluding hydrogens is 510 g/mol. The van der Waals surface area contributed by atoms with Crippen molar-refractivity contribution in [2.45, 2.75) is 24.2 Å². The second-order valence-electron chi connectivity index (χ2n) is 8.43. The maximum atomic E-state index is 12.8. The van der Waals surface area contributed by atoms with E-state index in [0.29, 0.717) is 43.3 Å². The zero-order valence-electron chi connectivity index (χ0n) is 20.3. The molecule has 10 heteroatoms. The maximum absolute atomic E-state index is 12.8. The van der Waals surface area contributed by atoms with Crippen LogP contribution in [0.3, 0.4) is 0 Å². The molecule has 4 rings (SSSR count). The third kappa shape index (κ3) is 7.51. The summed E-state index contributed by atoms with van der Waals surface area (Å²) >= 11 is 5.25. The number of nitrogens with zero attached hydrogens (tertiary/aromatic N) is 1. The zero-order valence-corrected chi connectivity index (χ0v) is 21.9. The van der Waals surface area contributed by atoms with Crippen molar-refractivity contribution in [2.24, 2.45) is 0 Å². The van der Waals surface area contributed by atoms with Gasteiger partial charge in [0.2, 0.25) is 10.0 Å². The van der Waals surface area contributed by atoms with Crippen LogP contribution >= 0.6 is 12.2 Å². The molecule has 1 amide bonds. The summed E-state index contributed by atoms with van der Waals surface area (Å²) in [7, 11) is -3.50. The summed E-state index contributed by atoms with van der Waals surface area (Å²) in [6, 6.07) is 22.5.